The summed E-state index contributed by atoms with van der Waals surface area (Å²) in [6, 6.07) is 0.595. The lowest BCUT2D eigenvalue weighted by atomic mass is 10.0. The Bertz CT molecular complexity index is 252. The summed E-state index contributed by atoms with van der Waals surface area (Å²) < 4.78 is 0. The second-order valence-electron chi connectivity index (χ2n) is 5.35. The highest BCUT2D eigenvalue weighted by atomic mass is 16.3. The van der Waals surface area contributed by atoms with E-state index in [1.165, 1.54) is 19.3 Å². The maximum atomic E-state index is 11.9. The quantitative estimate of drug-likeness (QED) is 0.767. The van der Waals surface area contributed by atoms with Crippen molar-refractivity contribution in [1.29, 1.82) is 0 Å². The number of hydrogen-bond acceptors (Lipinski definition) is 3. The molecule has 0 aromatic heterocycles. The molecule has 1 amide bonds. The molecule has 0 aromatic rings. The number of nitrogens with zero attached hydrogens (tertiary/aromatic N) is 1. The van der Waals surface area contributed by atoms with Gasteiger partial charge in [0.05, 0.1) is 13.2 Å². The average Bonchev–Trinajstić information content (AvgIpc) is 2.82. The molecule has 1 atom stereocenters. The zero-order chi connectivity index (χ0) is 12.1. The van der Waals surface area contributed by atoms with Gasteiger partial charge in [-0.1, -0.05) is 19.3 Å². The summed E-state index contributed by atoms with van der Waals surface area (Å²) in [7, 11) is 0. The first kappa shape index (κ1) is 12.8. The molecule has 2 fully saturated rings. The van der Waals surface area contributed by atoms with Gasteiger partial charge < -0.3 is 10.4 Å². The molecule has 1 saturated heterocycles. The number of piperidine rings is 1. The summed E-state index contributed by atoms with van der Waals surface area (Å²) in [6.07, 6.45) is 8.10. The number of aliphatic hydroxyl groups is 1. The largest absolute Gasteiger partial charge is 0.395 e. The Morgan fingerprint density at radius 2 is 1.88 bits per heavy atom. The number of carbonyl (C=O) groups is 1. The summed E-state index contributed by atoms with van der Waals surface area (Å²) in [6.45, 7) is 1.59. The lowest BCUT2D eigenvalue weighted by Gasteiger charge is -2.34. The summed E-state index contributed by atoms with van der Waals surface area (Å²) in [5, 5.41) is 12.4. The number of carbonyl (C=O) groups excluding carboxylic acids is 1. The van der Waals surface area contributed by atoms with Crippen LogP contribution < -0.4 is 5.32 Å². The fourth-order valence-corrected chi connectivity index (χ4v) is 3.00. The first-order chi connectivity index (χ1) is 8.29. The zero-order valence-corrected chi connectivity index (χ0v) is 10.5. The van der Waals surface area contributed by atoms with Crippen LogP contribution in [0.25, 0.3) is 0 Å². The molecule has 4 heteroatoms. The Kier molecular flexibility index (Phi) is 4.80. The second-order valence-corrected chi connectivity index (χ2v) is 5.35. The molecule has 0 spiro atoms. The Hall–Kier alpha value is -0.610. The van der Waals surface area contributed by atoms with Crippen molar-refractivity contribution in [2.75, 3.05) is 19.7 Å². The third-order valence-corrected chi connectivity index (χ3v) is 4.03. The van der Waals surface area contributed by atoms with Gasteiger partial charge in [-0.05, 0) is 32.2 Å². The van der Waals surface area contributed by atoms with Crippen molar-refractivity contribution in [3.63, 3.8) is 0 Å². The third kappa shape index (κ3) is 3.68. The van der Waals surface area contributed by atoms with E-state index in [0.717, 1.165) is 32.2 Å². The molecule has 98 valence electrons. The lowest BCUT2D eigenvalue weighted by Crippen LogP contribution is -2.48. The third-order valence-electron chi connectivity index (χ3n) is 4.03. The molecule has 1 heterocycles. The first-order valence-electron chi connectivity index (χ1n) is 6.94. The normalized spacial score (nSPS) is 27.2. The number of amides is 1. The van der Waals surface area contributed by atoms with E-state index in [1.54, 1.807) is 0 Å². The summed E-state index contributed by atoms with van der Waals surface area (Å²) >= 11 is 0. The van der Waals surface area contributed by atoms with Crippen LogP contribution in [0.1, 0.15) is 44.9 Å². The highest BCUT2D eigenvalue weighted by Gasteiger charge is 2.24. The molecule has 2 rings (SSSR count). The molecule has 0 aromatic carbocycles. The predicted octanol–water partition coefficient (Wildman–Crippen LogP) is 0.892. The van der Waals surface area contributed by atoms with E-state index in [4.69, 9.17) is 0 Å². The minimum absolute atomic E-state index is 0.136. The van der Waals surface area contributed by atoms with Crippen molar-refractivity contribution in [3.8, 4) is 0 Å². The van der Waals surface area contributed by atoms with Crippen LogP contribution in [-0.2, 0) is 4.79 Å². The van der Waals surface area contributed by atoms with Crippen LogP contribution in [0, 0.1) is 0 Å². The van der Waals surface area contributed by atoms with Crippen molar-refractivity contribution in [3.05, 3.63) is 0 Å². The van der Waals surface area contributed by atoms with Crippen LogP contribution in [0.4, 0.5) is 0 Å². The SMILES string of the molecule is O=C(CN1CCCCC1CO)NC1CCCC1. The lowest BCUT2D eigenvalue weighted by molar-refractivity contribution is -0.124. The second kappa shape index (κ2) is 6.36. The van der Waals surface area contributed by atoms with E-state index in [-0.39, 0.29) is 18.6 Å². The van der Waals surface area contributed by atoms with Gasteiger partial charge in [0.15, 0.2) is 0 Å². The minimum atomic E-state index is 0.136. The van der Waals surface area contributed by atoms with Crippen LogP contribution in [0.15, 0.2) is 0 Å². The predicted molar refractivity (Wildman–Crippen MR) is 66.7 cm³/mol. The Morgan fingerprint density at radius 1 is 1.18 bits per heavy atom. The van der Waals surface area contributed by atoms with Crippen LogP contribution in [0.2, 0.25) is 0 Å². The highest BCUT2D eigenvalue weighted by Crippen LogP contribution is 2.18. The first-order valence-corrected chi connectivity index (χ1v) is 6.94. The molecule has 2 aliphatic rings. The van der Waals surface area contributed by atoms with E-state index >= 15 is 0 Å². The van der Waals surface area contributed by atoms with E-state index in [9.17, 15) is 9.90 Å². The molecule has 0 radical (unpaired) electrons. The van der Waals surface area contributed by atoms with Crippen molar-refractivity contribution < 1.29 is 9.90 Å². The maximum Gasteiger partial charge on any atom is 0.234 e. The topological polar surface area (TPSA) is 52.6 Å². The number of aliphatic hydroxyl groups excluding tert-OH is 1. The van der Waals surface area contributed by atoms with Crippen LogP contribution >= 0.6 is 0 Å². The fourth-order valence-electron chi connectivity index (χ4n) is 3.00. The fraction of sp³-hybridized carbons (Fsp3) is 0.923. The van der Waals surface area contributed by atoms with Gasteiger partial charge in [0, 0.05) is 12.1 Å². The molecule has 1 aliphatic heterocycles. The van der Waals surface area contributed by atoms with E-state index < -0.39 is 0 Å². The summed E-state index contributed by atoms with van der Waals surface area (Å²) in [4.78, 5) is 14.0. The Balaban J connectivity index is 1.75. The number of hydrogen-bond donors (Lipinski definition) is 2. The van der Waals surface area contributed by atoms with Crippen LogP contribution in [-0.4, -0.2) is 47.7 Å². The molecule has 1 unspecified atom stereocenters. The molecule has 2 N–H and O–H groups in total. The van der Waals surface area contributed by atoms with Gasteiger partial charge >= 0.3 is 0 Å². The number of likely N-dealkylation sites (tertiary alicyclic amines) is 1. The van der Waals surface area contributed by atoms with E-state index in [0.29, 0.717) is 12.6 Å². The van der Waals surface area contributed by atoms with Crippen LogP contribution in [0.3, 0.4) is 0 Å². The van der Waals surface area contributed by atoms with Crippen molar-refractivity contribution >= 4 is 5.91 Å². The molecule has 17 heavy (non-hydrogen) atoms. The number of rotatable bonds is 4. The maximum absolute atomic E-state index is 11.9. The Morgan fingerprint density at radius 3 is 2.59 bits per heavy atom. The van der Waals surface area contributed by atoms with Gasteiger partial charge in [0.25, 0.3) is 0 Å². The minimum Gasteiger partial charge on any atom is -0.395 e. The molecule has 1 saturated carbocycles. The van der Waals surface area contributed by atoms with E-state index in [1.807, 2.05) is 0 Å². The van der Waals surface area contributed by atoms with Crippen molar-refractivity contribution in [2.24, 2.45) is 0 Å². The molecule has 4 nitrogen and oxygen atoms in total. The smallest absolute Gasteiger partial charge is 0.234 e. The standard InChI is InChI=1S/C13H24N2O2/c16-10-12-7-3-4-8-15(12)9-13(17)14-11-5-1-2-6-11/h11-12,16H,1-10H2,(H,14,17). The molecule has 0 bridgehead atoms. The summed E-state index contributed by atoms with van der Waals surface area (Å²) in [5.74, 6) is 0.136. The van der Waals surface area contributed by atoms with Gasteiger partial charge in [-0.2, -0.15) is 0 Å². The van der Waals surface area contributed by atoms with Gasteiger partial charge in [-0.15, -0.1) is 0 Å². The average molecular weight is 240 g/mol. The number of nitrogens with one attached hydrogen (secondary N) is 1. The van der Waals surface area contributed by atoms with Crippen molar-refractivity contribution in [2.45, 2.75) is 57.0 Å². The van der Waals surface area contributed by atoms with Gasteiger partial charge in [0.1, 0.15) is 0 Å². The summed E-state index contributed by atoms with van der Waals surface area (Å²) in [5.41, 5.74) is 0. The Labute approximate surface area is 103 Å². The zero-order valence-electron chi connectivity index (χ0n) is 10.5. The van der Waals surface area contributed by atoms with Gasteiger partial charge in [0.2, 0.25) is 5.91 Å². The molecular formula is C13H24N2O2. The van der Waals surface area contributed by atoms with Crippen molar-refractivity contribution in [1.82, 2.24) is 10.2 Å². The van der Waals surface area contributed by atoms with Crippen LogP contribution in [0.5, 0.6) is 0 Å². The van der Waals surface area contributed by atoms with E-state index in [2.05, 4.69) is 10.2 Å². The van der Waals surface area contributed by atoms with Gasteiger partial charge in [-0.3, -0.25) is 9.69 Å². The highest BCUT2D eigenvalue weighted by molar-refractivity contribution is 5.78. The van der Waals surface area contributed by atoms with Gasteiger partial charge in [-0.25, -0.2) is 0 Å². The monoisotopic (exact) mass is 240 g/mol. The molecule has 1 aliphatic carbocycles. The molecular weight excluding hydrogens is 216 g/mol.